The Bertz CT molecular complexity index is 197. The maximum Gasteiger partial charge on any atom is 0.333 e. The van der Waals surface area contributed by atoms with Crippen molar-refractivity contribution in [3.05, 3.63) is 18.1 Å². The molecule has 0 aromatic heterocycles. The van der Waals surface area contributed by atoms with Gasteiger partial charge in [-0.05, 0) is 25.7 Å². The van der Waals surface area contributed by atoms with E-state index in [-0.39, 0.29) is 5.97 Å². The monoisotopic (exact) mass is 199 g/mol. The Morgan fingerprint density at radius 3 is 2.43 bits per heavy atom. The Hall–Kier alpha value is -0.830. The highest BCUT2D eigenvalue weighted by Crippen LogP contribution is 2.09. The molecule has 3 heteroatoms. The summed E-state index contributed by atoms with van der Waals surface area (Å²) in [6.45, 7) is 9.18. The predicted molar refractivity (Wildman–Crippen MR) is 55.6 cm³/mol. The maximum absolute atomic E-state index is 10.9. The van der Waals surface area contributed by atoms with E-state index in [1.54, 1.807) is 6.92 Å². The van der Waals surface area contributed by atoms with Crippen LogP contribution >= 0.6 is 0 Å². The van der Waals surface area contributed by atoms with Gasteiger partial charge >= 0.3 is 5.97 Å². The highest BCUT2D eigenvalue weighted by Gasteiger charge is 2.09. The molecule has 1 N–H and O–H groups in total. The molecule has 0 aromatic carbocycles. The van der Waals surface area contributed by atoms with Crippen LogP contribution in [-0.2, 0) is 9.53 Å². The molecule has 0 aliphatic heterocycles. The molecule has 3 nitrogen and oxygen atoms in total. The summed E-state index contributed by atoms with van der Waals surface area (Å²) in [5.41, 5.74) is 0.406. The van der Waals surface area contributed by atoms with Crippen LogP contribution in [0, 0.1) is 5.92 Å². The maximum atomic E-state index is 10.9. The van der Waals surface area contributed by atoms with Crippen LogP contribution in [0.3, 0.4) is 0 Å². The molecule has 0 amide bonds. The molecule has 0 aromatic rings. The lowest BCUT2D eigenvalue weighted by atomic mass is 10.0. The zero-order valence-electron chi connectivity index (χ0n) is 9.17. The second kappa shape index (κ2) is 6.60. The van der Waals surface area contributed by atoms with E-state index < -0.39 is 6.10 Å². The molecule has 0 aliphatic rings. The molecule has 0 heterocycles. The van der Waals surface area contributed by atoms with Gasteiger partial charge in [-0.3, -0.25) is 0 Å². The number of rotatable bonds is 6. The van der Waals surface area contributed by atoms with Gasteiger partial charge in [0.2, 0.25) is 0 Å². The Labute approximate surface area is 85.8 Å². The highest BCUT2D eigenvalue weighted by molar-refractivity contribution is 5.86. The summed E-state index contributed by atoms with van der Waals surface area (Å²) in [6, 6.07) is 0. The van der Waals surface area contributed by atoms with Gasteiger partial charge in [0.25, 0.3) is 0 Å². The van der Waals surface area contributed by atoms with Crippen LogP contribution in [0.25, 0.3) is 0 Å². The van der Waals surface area contributed by atoms with Crippen LogP contribution in [-0.4, -0.2) is 23.8 Å². The summed E-state index contributed by atoms with van der Waals surface area (Å²) in [4.78, 5) is 10.9. The molecule has 81 valence electrons. The van der Waals surface area contributed by atoms with E-state index in [9.17, 15) is 9.90 Å². The summed E-state index contributed by atoms with van der Waals surface area (Å²) in [6.07, 6.45) is 0.912. The molecule has 0 rings (SSSR count). The first-order valence-electron chi connectivity index (χ1n) is 4.76. The number of ether oxygens (including phenoxy) is 1. The molecular weight excluding hydrogens is 180 g/mol. The van der Waals surface area contributed by atoms with E-state index in [4.69, 9.17) is 4.74 Å². The largest absolute Gasteiger partial charge is 0.462 e. The fourth-order valence-corrected chi connectivity index (χ4v) is 0.853. The van der Waals surface area contributed by atoms with E-state index in [1.165, 1.54) is 0 Å². The normalized spacial score (nSPS) is 12.6. The van der Waals surface area contributed by atoms with Gasteiger partial charge in [0.05, 0.1) is 12.7 Å². The fourth-order valence-electron chi connectivity index (χ4n) is 0.853. The number of carbonyl (C=O) groups excluding carboxylic acids is 1. The number of esters is 1. The number of carbonyl (C=O) groups is 1. The smallest absolute Gasteiger partial charge is 0.333 e. The van der Waals surface area contributed by atoms with E-state index in [1.807, 2.05) is 13.8 Å². The fraction of sp³-hybridized carbons (Fsp3) is 0.636. The van der Waals surface area contributed by atoms with E-state index >= 15 is 0 Å². The summed E-state index contributed by atoms with van der Waals surface area (Å²) < 4.78 is 4.87. The lowest BCUT2D eigenvalue weighted by Crippen LogP contribution is -2.14. The molecular formula is C11H19O3. The third-order valence-corrected chi connectivity index (χ3v) is 1.87. The van der Waals surface area contributed by atoms with Gasteiger partial charge in [-0.25, -0.2) is 4.79 Å². The van der Waals surface area contributed by atoms with Crippen molar-refractivity contribution in [1.29, 1.82) is 0 Å². The van der Waals surface area contributed by atoms with E-state index in [2.05, 4.69) is 6.58 Å². The Kier molecular flexibility index (Phi) is 6.21. The molecule has 0 saturated carbocycles. The highest BCUT2D eigenvalue weighted by atomic mass is 16.5. The van der Waals surface area contributed by atoms with E-state index in [0.717, 1.165) is 5.92 Å². The first-order chi connectivity index (χ1) is 6.45. The Morgan fingerprint density at radius 1 is 1.43 bits per heavy atom. The van der Waals surface area contributed by atoms with Gasteiger partial charge in [0.15, 0.2) is 0 Å². The lowest BCUT2D eigenvalue weighted by molar-refractivity contribution is -0.139. The SMILES string of the molecule is C=C(C)C(=O)OCCCC(O)[C](C)C. The van der Waals surface area contributed by atoms with Crippen LogP contribution in [0.4, 0.5) is 0 Å². The van der Waals surface area contributed by atoms with Crippen LogP contribution in [0.15, 0.2) is 12.2 Å². The Balaban J connectivity index is 3.47. The summed E-state index contributed by atoms with van der Waals surface area (Å²) in [5.74, 6) is 0.618. The summed E-state index contributed by atoms with van der Waals surface area (Å²) in [5, 5.41) is 9.41. The first kappa shape index (κ1) is 13.2. The number of hydrogen-bond acceptors (Lipinski definition) is 3. The van der Waals surface area contributed by atoms with Crippen molar-refractivity contribution < 1.29 is 14.6 Å². The van der Waals surface area contributed by atoms with Gasteiger partial charge in [-0.1, -0.05) is 20.4 Å². The zero-order chi connectivity index (χ0) is 11.1. The molecule has 0 aliphatic carbocycles. The van der Waals surface area contributed by atoms with Crippen molar-refractivity contribution >= 4 is 5.97 Å². The molecule has 1 radical (unpaired) electrons. The average Bonchev–Trinajstić information content (AvgIpc) is 2.11. The van der Waals surface area contributed by atoms with Gasteiger partial charge in [-0.15, -0.1) is 0 Å². The topological polar surface area (TPSA) is 46.5 Å². The van der Waals surface area contributed by atoms with Crippen LogP contribution < -0.4 is 0 Å². The third-order valence-electron chi connectivity index (χ3n) is 1.87. The molecule has 0 fully saturated rings. The van der Waals surface area contributed by atoms with Crippen LogP contribution in [0.1, 0.15) is 33.6 Å². The molecule has 0 spiro atoms. The minimum atomic E-state index is -0.390. The van der Waals surface area contributed by atoms with Crippen molar-refractivity contribution in [3.8, 4) is 0 Å². The second-order valence-corrected chi connectivity index (χ2v) is 3.65. The molecule has 0 saturated heterocycles. The molecule has 1 unspecified atom stereocenters. The van der Waals surface area contributed by atoms with Gasteiger partial charge in [0, 0.05) is 5.57 Å². The third kappa shape index (κ3) is 5.75. The van der Waals surface area contributed by atoms with Crippen LogP contribution in [0.5, 0.6) is 0 Å². The van der Waals surface area contributed by atoms with Crippen molar-refractivity contribution in [2.24, 2.45) is 0 Å². The van der Waals surface area contributed by atoms with Gasteiger partial charge < -0.3 is 9.84 Å². The predicted octanol–water partition coefficient (Wildman–Crippen LogP) is 1.86. The van der Waals surface area contributed by atoms with E-state index in [0.29, 0.717) is 25.0 Å². The quantitative estimate of drug-likeness (QED) is 0.403. The Morgan fingerprint density at radius 2 is 2.00 bits per heavy atom. The van der Waals surface area contributed by atoms with Gasteiger partial charge in [-0.2, -0.15) is 0 Å². The number of aliphatic hydroxyl groups excluding tert-OH is 1. The molecule has 0 bridgehead atoms. The minimum absolute atomic E-state index is 0.343. The average molecular weight is 199 g/mol. The van der Waals surface area contributed by atoms with Crippen molar-refractivity contribution in [1.82, 2.24) is 0 Å². The second-order valence-electron chi connectivity index (χ2n) is 3.65. The van der Waals surface area contributed by atoms with Crippen molar-refractivity contribution in [2.75, 3.05) is 6.61 Å². The molecule has 1 atom stereocenters. The standard InChI is InChI=1S/C11H19O3/c1-8(2)10(12)6-5-7-14-11(13)9(3)4/h10,12H,3,5-7H2,1-2,4H3. The number of hydrogen-bond donors (Lipinski definition) is 1. The van der Waals surface area contributed by atoms with Crippen molar-refractivity contribution in [2.45, 2.75) is 39.7 Å². The van der Waals surface area contributed by atoms with Crippen molar-refractivity contribution in [3.63, 3.8) is 0 Å². The van der Waals surface area contributed by atoms with Gasteiger partial charge in [0.1, 0.15) is 0 Å². The first-order valence-corrected chi connectivity index (χ1v) is 4.76. The lowest BCUT2D eigenvalue weighted by Gasteiger charge is -2.13. The molecule has 14 heavy (non-hydrogen) atoms. The minimum Gasteiger partial charge on any atom is -0.462 e. The van der Waals surface area contributed by atoms with Crippen LogP contribution in [0.2, 0.25) is 0 Å². The zero-order valence-corrected chi connectivity index (χ0v) is 9.17. The number of aliphatic hydroxyl groups is 1. The summed E-state index contributed by atoms with van der Waals surface area (Å²) >= 11 is 0. The summed E-state index contributed by atoms with van der Waals surface area (Å²) in [7, 11) is 0.